The zero-order valence-corrected chi connectivity index (χ0v) is 15.9. The van der Waals surface area contributed by atoms with Gasteiger partial charge in [-0.1, -0.05) is 6.42 Å². The number of carboxylic acid groups (broad SMARTS) is 2. The molecule has 1 amide bonds. The average Bonchev–Trinajstić information content (AvgIpc) is 2.33. The molecule has 0 aromatic carbocycles. The number of aliphatic carboxylic acids is 2. The number of hydrogen-bond donors (Lipinski definition) is 5. The molecule has 0 aliphatic rings. The summed E-state index contributed by atoms with van der Waals surface area (Å²) in [6.07, 6.45) is 2.76. The Morgan fingerprint density at radius 1 is 1.14 bits per heavy atom. The van der Waals surface area contributed by atoms with Crippen LogP contribution in [0.15, 0.2) is 0 Å². The number of rotatable bonds is 11. The van der Waals surface area contributed by atoms with E-state index in [9.17, 15) is 14.4 Å². The summed E-state index contributed by atoms with van der Waals surface area (Å²) in [7, 11) is 0. The molecule has 0 fully saturated rings. The summed E-state index contributed by atoms with van der Waals surface area (Å²) in [5.74, 6) is -2.28. The van der Waals surface area contributed by atoms with Crippen LogP contribution in [-0.4, -0.2) is 45.1 Å². The summed E-state index contributed by atoms with van der Waals surface area (Å²) in [5, 5.41) is 19.8. The van der Waals surface area contributed by atoms with Crippen molar-refractivity contribution in [2.75, 3.05) is 5.75 Å². The van der Waals surface area contributed by atoms with E-state index < -0.39 is 30.3 Å². The number of hydrogen-bond acceptors (Lipinski definition) is 5. The van der Waals surface area contributed by atoms with Crippen molar-refractivity contribution in [1.29, 1.82) is 0 Å². The minimum absolute atomic E-state index is 0. The first-order chi connectivity index (χ1) is 9.36. The summed E-state index contributed by atoms with van der Waals surface area (Å²) in [6.45, 7) is 0. The van der Waals surface area contributed by atoms with Gasteiger partial charge >= 0.3 is 41.5 Å². The van der Waals surface area contributed by atoms with Crippen LogP contribution < -0.4 is 34.9 Å². The molecule has 0 aliphatic carbocycles. The largest absolute Gasteiger partial charge is 1.00 e. The topological polar surface area (TPSA) is 104 Å². The van der Waals surface area contributed by atoms with E-state index in [-0.39, 0.29) is 42.7 Å². The Kier molecular flexibility index (Phi) is 15.3. The monoisotopic (exact) mass is 347 g/mol. The van der Waals surface area contributed by atoms with Crippen molar-refractivity contribution in [3.05, 3.63) is 0 Å². The van der Waals surface area contributed by atoms with E-state index in [0.29, 0.717) is 6.42 Å². The number of thiol groups is 2. The van der Waals surface area contributed by atoms with E-state index in [1.165, 1.54) is 0 Å². The number of nitrogens with one attached hydrogen (secondary N) is 1. The molecule has 0 heterocycles. The molecule has 0 aromatic heterocycles. The molecule has 0 radical (unpaired) electrons. The second-order valence-corrected chi connectivity index (χ2v) is 5.65. The Morgan fingerprint density at radius 3 is 2.24 bits per heavy atom. The third-order valence-electron chi connectivity index (χ3n) is 2.67. The summed E-state index contributed by atoms with van der Waals surface area (Å²) in [4.78, 5) is 32.7. The fourth-order valence-electron chi connectivity index (χ4n) is 1.60. The number of carbonyl (C=O) groups is 3. The first kappa shape index (κ1) is 23.4. The van der Waals surface area contributed by atoms with Crippen LogP contribution in [0.25, 0.3) is 0 Å². The minimum atomic E-state index is -1.37. The van der Waals surface area contributed by atoms with Gasteiger partial charge in [0.1, 0.15) is 6.04 Å². The van der Waals surface area contributed by atoms with Crippen LogP contribution in [0.3, 0.4) is 0 Å². The van der Waals surface area contributed by atoms with Gasteiger partial charge in [0.2, 0.25) is 5.91 Å². The fraction of sp³-hybridized carbons (Fsp3) is 0.750. The first-order valence-corrected chi connectivity index (χ1v) is 7.54. The standard InChI is InChI=1S/C12H21NO5S2.Na.H/c14-10(4-2-1-3-8(20)5-6-19)13-9(12(17)18)7-11(15)16;;/h8-9,19-20H,1-7H2,(H,13,14)(H,15,16)(H,17,18);;/q;+1;-1. The van der Waals surface area contributed by atoms with Crippen molar-refractivity contribution < 1.29 is 55.6 Å². The van der Waals surface area contributed by atoms with Gasteiger partial charge in [-0.25, -0.2) is 4.79 Å². The van der Waals surface area contributed by atoms with Crippen molar-refractivity contribution >= 4 is 43.1 Å². The van der Waals surface area contributed by atoms with Gasteiger partial charge in [-0.15, -0.1) is 0 Å². The fourth-order valence-corrected chi connectivity index (χ4v) is 2.43. The zero-order chi connectivity index (χ0) is 15.5. The van der Waals surface area contributed by atoms with Gasteiger partial charge in [-0.3, -0.25) is 9.59 Å². The Morgan fingerprint density at radius 2 is 1.76 bits per heavy atom. The van der Waals surface area contributed by atoms with E-state index in [1.807, 2.05) is 0 Å². The Labute approximate surface area is 159 Å². The molecule has 0 saturated heterocycles. The van der Waals surface area contributed by atoms with Gasteiger partial charge < -0.3 is 17.0 Å². The normalized spacial score (nSPS) is 12.9. The zero-order valence-electron chi connectivity index (χ0n) is 13.1. The molecular formula is C12H22NNaO5S2. The van der Waals surface area contributed by atoms with E-state index in [0.717, 1.165) is 25.0 Å². The molecular weight excluding hydrogens is 325 g/mol. The van der Waals surface area contributed by atoms with Crippen LogP contribution >= 0.6 is 25.3 Å². The van der Waals surface area contributed by atoms with Crippen molar-refractivity contribution in [2.24, 2.45) is 0 Å². The molecule has 118 valence electrons. The number of carbonyl (C=O) groups excluding carboxylic acids is 1. The van der Waals surface area contributed by atoms with Crippen LogP contribution in [-0.2, 0) is 14.4 Å². The van der Waals surface area contributed by atoms with Gasteiger partial charge in [0, 0.05) is 11.7 Å². The molecule has 0 rings (SSSR count). The SMILES string of the molecule is O=C(O)CC(NC(=O)CCCCC(S)CCS)C(=O)O.[H-].[Na+]. The van der Waals surface area contributed by atoms with Crippen LogP contribution in [0.5, 0.6) is 0 Å². The predicted octanol–water partition coefficient (Wildman–Crippen LogP) is -1.67. The van der Waals surface area contributed by atoms with E-state index in [2.05, 4.69) is 30.6 Å². The number of amides is 1. The van der Waals surface area contributed by atoms with E-state index in [4.69, 9.17) is 10.2 Å². The molecule has 0 spiro atoms. The summed E-state index contributed by atoms with van der Waals surface area (Å²) in [5.41, 5.74) is 0. The Hall–Kier alpha value is 0.110. The molecule has 0 aromatic rings. The number of unbranched alkanes of at least 4 members (excludes halogenated alkanes) is 1. The van der Waals surface area contributed by atoms with E-state index >= 15 is 0 Å². The van der Waals surface area contributed by atoms with Gasteiger partial charge in [-0.2, -0.15) is 25.3 Å². The quantitative estimate of drug-likeness (QED) is 0.175. The molecule has 0 aliphatic heterocycles. The molecule has 2 atom stereocenters. The molecule has 9 heteroatoms. The molecule has 0 saturated carbocycles. The maximum absolute atomic E-state index is 11.5. The molecule has 3 N–H and O–H groups in total. The third kappa shape index (κ3) is 13.5. The van der Waals surface area contributed by atoms with Gasteiger partial charge in [0.15, 0.2) is 0 Å². The second kappa shape index (κ2) is 13.8. The van der Waals surface area contributed by atoms with Crippen molar-refractivity contribution in [3.8, 4) is 0 Å². The molecule has 0 bridgehead atoms. The second-order valence-electron chi connectivity index (χ2n) is 4.47. The maximum atomic E-state index is 11.5. The van der Waals surface area contributed by atoms with Crippen LogP contribution in [0.2, 0.25) is 0 Å². The number of carboxylic acids is 2. The Bertz CT molecular complexity index is 349. The smallest absolute Gasteiger partial charge is 1.00 e. The summed E-state index contributed by atoms with van der Waals surface area (Å²) in [6, 6.07) is -1.37. The van der Waals surface area contributed by atoms with E-state index in [1.54, 1.807) is 0 Å². The molecule has 21 heavy (non-hydrogen) atoms. The van der Waals surface area contributed by atoms with Crippen molar-refractivity contribution in [2.45, 2.75) is 49.8 Å². The van der Waals surface area contributed by atoms with Gasteiger partial charge in [-0.05, 0) is 25.0 Å². The van der Waals surface area contributed by atoms with Crippen LogP contribution in [0, 0.1) is 0 Å². The van der Waals surface area contributed by atoms with Gasteiger partial charge in [0.25, 0.3) is 0 Å². The minimum Gasteiger partial charge on any atom is -1.00 e. The van der Waals surface area contributed by atoms with Crippen LogP contribution in [0.1, 0.15) is 40.0 Å². The van der Waals surface area contributed by atoms with Crippen molar-refractivity contribution in [1.82, 2.24) is 5.32 Å². The Balaban J connectivity index is -0.00000180. The summed E-state index contributed by atoms with van der Waals surface area (Å²) >= 11 is 8.47. The van der Waals surface area contributed by atoms with Crippen molar-refractivity contribution in [3.63, 3.8) is 0 Å². The summed E-state index contributed by atoms with van der Waals surface area (Å²) < 4.78 is 0. The predicted molar refractivity (Wildman–Crippen MR) is 82.6 cm³/mol. The van der Waals surface area contributed by atoms with Crippen LogP contribution in [0.4, 0.5) is 0 Å². The van der Waals surface area contributed by atoms with Gasteiger partial charge in [0.05, 0.1) is 6.42 Å². The average molecular weight is 347 g/mol. The third-order valence-corrected chi connectivity index (χ3v) is 3.44. The first-order valence-electron chi connectivity index (χ1n) is 6.39. The maximum Gasteiger partial charge on any atom is 1.00 e. The molecule has 2 unspecified atom stereocenters. The molecule has 6 nitrogen and oxygen atoms in total.